The topological polar surface area (TPSA) is 78.5 Å². The molecule has 2 N–H and O–H groups in total. The number of nitrogens with one attached hydrogen (secondary N) is 2. The normalized spacial score (nSPS) is 24.2. The van der Waals surface area contributed by atoms with Crippen molar-refractivity contribution in [1.82, 2.24) is 15.5 Å². The van der Waals surface area contributed by atoms with Gasteiger partial charge in [-0.05, 0) is 36.8 Å². The molecule has 162 valence electrons. The summed E-state index contributed by atoms with van der Waals surface area (Å²) in [5.74, 6) is -0.569. The second-order valence-corrected chi connectivity index (χ2v) is 8.76. The van der Waals surface area contributed by atoms with Crippen LogP contribution in [0.25, 0.3) is 0 Å². The number of urea groups is 1. The first-order valence-electron chi connectivity index (χ1n) is 11.0. The van der Waals surface area contributed by atoms with Gasteiger partial charge in [-0.2, -0.15) is 0 Å². The molecule has 6 nitrogen and oxygen atoms in total. The molecule has 2 aromatic carbocycles. The first-order chi connectivity index (χ1) is 14.9. The molecule has 1 spiro atoms. The van der Waals surface area contributed by atoms with Gasteiger partial charge in [-0.3, -0.25) is 14.5 Å². The molecular formula is C25H29N3O3. The number of hydrogen-bond donors (Lipinski definition) is 2. The third-order valence-corrected chi connectivity index (χ3v) is 6.65. The smallest absolute Gasteiger partial charge is 0.325 e. The van der Waals surface area contributed by atoms with Gasteiger partial charge in [0, 0.05) is 0 Å². The lowest BCUT2D eigenvalue weighted by molar-refractivity contribution is -0.137. The molecule has 0 radical (unpaired) electrons. The Morgan fingerprint density at radius 1 is 1.10 bits per heavy atom. The van der Waals surface area contributed by atoms with Crippen LogP contribution in [0.3, 0.4) is 0 Å². The van der Waals surface area contributed by atoms with Crippen molar-refractivity contribution < 1.29 is 14.4 Å². The van der Waals surface area contributed by atoms with Crippen molar-refractivity contribution in [3.05, 3.63) is 71.3 Å². The molecule has 0 aromatic heterocycles. The minimum absolute atomic E-state index is 0.0652. The van der Waals surface area contributed by atoms with Gasteiger partial charge in [0.2, 0.25) is 5.91 Å². The molecule has 2 fully saturated rings. The van der Waals surface area contributed by atoms with E-state index in [9.17, 15) is 14.4 Å². The lowest BCUT2D eigenvalue weighted by Crippen LogP contribution is -2.54. The first-order valence-corrected chi connectivity index (χ1v) is 11.0. The molecule has 1 saturated carbocycles. The highest BCUT2D eigenvalue weighted by Crippen LogP contribution is 2.38. The quantitative estimate of drug-likeness (QED) is 0.726. The second-order valence-electron chi connectivity index (χ2n) is 8.76. The maximum Gasteiger partial charge on any atom is 0.325 e. The van der Waals surface area contributed by atoms with Gasteiger partial charge < -0.3 is 10.6 Å². The number of amides is 4. The van der Waals surface area contributed by atoms with Crippen LogP contribution in [0.2, 0.25) is 0 Å². The van der Waals surface area contributed by atoms with E-state index in [0.29, 0.717) is 6.42 Å². The van der Waals surface area contributed by atoms with Crippen molar-refractivity contribution in [3.63, 3.8) is 0 Å². The highest BCUT2D eigenvalue weighted by atomic mass is 16.2. The Hall–Kier alpha value is -3.15. The van der Waals surface area contributed by atoms with Gasteiger partial charge in [-0.15, -0.1) is 0 Å². The predicted octanol–water partition coefficient (Wildman–Crippen LogP) is 3.70. The summed E-state index contributed by atoms with van der Waals surface area (Å²) in [6.07, 6.45) is 3.49. The van der Waals surface area contributed by atoms with Gasteiger partial charge in [-0.1, -0.05) is 79.9 Å². The van der Waals surface area contributed by atoms with E-state index in [1.165, 1.54) is 0 Å². The molecule has 1 aliphatic carbocycles. The molecule has 4 rings (SSSR count). The largest absolute Gasteiger partial charge is 0.344 e. The van der Waals surface area contributed by atoms with Crippen LogP contribution in [0.4, 0.5) is 4.79 Å². The fraction of sp³-hybridized carbons (Fsp3) is 0.400. The number of carbonyl (C=O) groups excluding carboxylic acids is 3. The van der Waals surface area contributed by atoms with E-state index in [0.717, 1.165) is 40.9 Å². The van der Waals surface area contributed by atoms with Crippen LogP contribution >= 0.6 is 0 Å². The second kappa shape index (κ2) is 8.53. The minimum Gasteiger partial charge on any atom is -0.344 e. The number of rotatable bonds is 5. The highest BCUT2D eigenvalue weighted by molar-refractivity contribution is 6.09. The number of aryl methyl sites for hydroxylation is 1. The number of benzene rings is 2. The van der Waals surface area contributed by atoms with Crippen LogP contribution < -0.4 is 10.6 Å². The number of hydrogen-bond acceptors (Lipinski definition) is 3. The van der Waals surface area contributed by atoms with Gasteiger partial charge in [0.25, 0.3) is 5.91 Å². The molecule has 1 saturated heterocycles. The summed E-state index contributed by atoms with van der Waals surface area (Å²) in [4.78, 5) is 39.8. The SMILES string of the molecule is Cc1ccc(C(NC(=O)CN2C(=O)NC3(CCCCC3C)C2=O)c2ccccc2)cc1. The van der Waals surface area contributed by atoms with Gasteiger partial charge in [0.05, 0.1) is 6.04 Å². The zero-order valence-corrected chi connectivity index (χ0v) is 18.1. The summed E-state index contributed by atoms with van der Waals surface area (Å²) in [6, 6.07) is 16.8. The molecule has 3 unspecified atom stereocenters. The van der Waals surface area contributed by atoms with E-state index < -0.39 is 11.6 Å². The fourth-order valence-corrected chi connectivity index (χ4v) is 4.75. The number of imide groups is 1. The zero-order valence-electron chi connectivity index (χ0n) is 18.1. The number of nitrogens with zero attached hydrogens (tertiary/aromatic N) is 1. The van der Waals surface area contributed by atoms with E-state index >= 15 is 0 Å². The molecule has 2 aliphatic rings. The van der Waals surface area contributed by atoms with E-state index in [2.05, 4.69) is 10.6 Å². The van der Waals surface area contributed by atoms with Gasteiger partial charge in [0.1, 0.15) is 12.1 Å². The van der Waals surface area contributed by atoms with Crippen LogP contribution in [0.1, 0.15) is 55.3 Å². The Labute approximate surface area is 183 Å². The molecule has 0 bridgehead atoms. The van der Waals surface area contributed by atoms with Crippen LogP contribution in [0.5, 0.6) is 0 Å². The van der Waals surface area contributed by atoms with E-state index in [1.807, 2.05) is 68.4 Å². The lowest BCUT2D eigenvalue weighted by atomic mass is 9.73. The average molecular weight is 420 g/mol. The van der Waals surface area contributed by atoms with Crippen LogP contribution in [-0.2, 0) is 9.59 Å². The Kier molecular flexibility index (Phi) is 5.81. The van der Waals surface area contributed by atoms with E-state index in [-0.39, 0.29) is 30.3 Å². The van der Waals surface area contributed by atoms with Crippen molar-refractivity contribution >= 4 is 17.8 Å². The van der Waals surface area contributed by atoms with Gasteiger partial charge >= 0.3 is 6.03 Å². The minimum atomic E-state index is -0.856. The standard InChI is InChI=1S/C25H29N3O3/c1-17-11-13-20(14-12-17)22(19-9-4-3-5-10-19)26-21(29)16-28-23(30)25(27-24(28)31)15-7-6-8-18(25)2/h3-5,9-14,18,22H,6-8,15-16H2,1-2H3,(H,26,29)(H,27,31). The van der Waals surface area contributed by atoms with Crippen LogP contribution in [0.15, 0.2) is 54.6 Å². The molecule has 31 heavy (non-hydrogen) atoms. The Morgan fingerprint density at radius 2 is 1.77 bits per heavy atom. The molecule has 4 amide bonds. The summed E-state index contributed by atoms with van der Waals surface area (Å²) in [5.41, 5.74) is 2.16. The van der Waals surface area contributed by atoms with Crippen LogP contribution in [-0.4, -0.2) is 34.8 Å². The molecule has 2 aromatic rings. The molecule has 1 heterocycles. The maximum absolute atomic E-state index is 13.2. The van der Waals surface area contributed by atoms with Gasteiger partial charge in [0.15, 0.2) is 0 Å². The Balaban J connectivity index is 1.52. The third kappa shape index (κ3) is 4.07. The lowest BCUT2D eigenvalue weighted by Gasteiger charge is -2.36. The average Bonchev–Trinajstić information content (AvgIpc) is 3.00. The maximum atomic E-state index is 13.2. The van der Waals surface area contributed by atoms with Crippen molar-refractivity contribution in [3.8, 4) is 0 Å². The first kappa shape index (κ1) is 21.1. The molecule has 1 aliphatic heterocycles. The van der Waals surface area contributed by atoms with Crippen LogP contribution in [0, 0.1) is 12.8 Å². The zero-order chi connectivity index (χ0) is 22.0. The Bertz CT molecular complexity index is 973. The summed E-state index contributed by atoms with van der Waals surface area (Å²) >= 11 is 0. The van der Waals surface area contributed by atoms with Crippen molar-refractivity contribution in [2.75, 3.05) is 6.54 Å². The highest BCUT2D eigenvalue weighted by Gasteiger charge is 2.55. The fourth-order valence-electron chi connectivity index (χ4n) is 4.75. The van der Waals surface area contributed by atoms with E-state index in [1.54, 1.807) is 0 Å². The van der Waals surface area contributed by atoms with Crippen molar-refractivity contribution in [2.45, 2.75) is 51.1 Å². The summed E-state index contributed by atoms with van der Waals surface area (Å²) in [7, 11) is 0. The number of carbonyl (C=O) groups is 3. The molecular weight excluding hydrogens is 390 g/mol. The van der Waals surface area contributed by atoms with E-state index in [4.69, 9.17) is 0 Å². The third-order valence-electron chi connectivity index (χ3n) is 6.65. The van der Waals surface area contributed by atoms with Gasteiger partial charge in [-0.25, -0.2) is 4.79 Å². The monoisotopic (exact) mass is 419 g/mol. The predicted molar refractivity (Wildman–Crippen MR) is 118 cm³/mol. The van der Waals surface area contributed by atoms with Crippen molar-refractivity contribution in [2.24, 2.45) is 5.92 Å². The molecule has 6 heteroatoms. The van der Waals surface area contributed by atoms with Crippen molar-refractivity contribution in [1.29, 1.82) is 0 Å². The summed E-state index contributed by atoms with van der Waals surface area (Å²) in [5, 5.41) is 5.93. The summed E-state index contributed by atoms with van der Waals surface area (Å²) in [6.45, 7) is 3.73. The molecule has 3 atom stereocenters. The Morgan fingerprint density at radius 3 is 2.45 bits per heavy atom. The summed E-state index contributed by atoms with van der Waals surface area (Å²) < 4.78 is 0.